The molecule has 1 N–H and O–H groups in total. The van der Waals surface area contributed by atoms with Crippen LogP contribution in [0.25, 0.3) is 0 Å². The molecule has 102 valence electrons. The monoisotopic (exact) mass is 249 g/mol. The van der Waals surface area contributed by atoms with Gasteiger partial charge in [0.15, 0.2) is 0 Å². The first-order valence-electron chi connectivity index (χ1n) is 7.64. The minimum atomic E-state index is 0.502. The molecule has 18 heavy (non-hydrogen) atoms. The Bertz CT molecular complexity index is 339. The molecular weight excluding hydrogens is 222 g/mol. The summed E-state index contributed by atoms with van der Waals surface area (Å²) in [5.41, 5.74) is 1.40. The molecule has 1 fully saturated rings. The van der Waals surface area contributed by atoms with Crippen LogP contribution in [0.5, 0.6) is 0 Å². The van der Waals surface area contributed by atoms with Crippen LogP contribution in [0.4, 0.5) is 0 Å². The predicted octanol–water partition coefficient (Wildman–Crippen LogP) is 4.46. The second kappa shape index (κ2) is 6.98. The quantitative estimate of drug-likeness (QED) is 0.771. The molecule has 2 rings (SSSR count). The maximum Gasteiger partial charge on any atom is 0.108 e. The molecule has 1 atom stereocenters. The van der Waals surface area contributed by atoms with Crippen LogP contribution in [0, 0.1) is 5.92 Å². The largest absolute Gasteiger partial charge is 0.469 e. The lowest BCUT2D eigenvalue weighted by atomic mass is 9.93. The Balaban J connectivity index is 2.03. The van der Waals surface area contributed by atoms with Crippen molar-refractivity contribution in [2.75, 3.05) is 6.54 Å². The van der Waals surface area contributed by atoms with Crippen molar-refractivity contribution in [3.8, 4) is 0 Å². The number of furan rings is 1. The third kappa shape index (κ3) is 3.38. The topological polar surface area (TPSA) is 25.2 Å². The molecule has 0 bridgehead atoms. The second-order valence-corrected chi connectivity index (χ2v) is 5.55. The van der Waals surface area contributed by atoms with Gasteiger partial charge in [-0.25, -0.2) is 0 Å². The van der Waals surface area contributed by atoms with Gasteiger partial charge < -0.3 is 9.73 Å². The summed E-state index contributed by atoms with van der Waals surface area (Å²) in [4.78, 5) is 0. The van der Waals surface area contributed by atoms with Crippen molar-refractivity contribution < 1.29 is 4.42 Å². The Hall–Kier alpha value is -0.760. The molecule has 2 nitrogen and oxygen atoms in total. The van der Waals surface area contributed by atoms with Gasteiger partial charge in [0, 0.05) is 18.0 Å². The van der Waals surface area contributed by atoms with E-state index < -0.39 is 0 Å². The summed E-state index contributed by atoms with van der Waals surface area (Å²) in [5, 5.41) is 3.71. The van der Waals surface area contributed by atoms with Crippen LogP contribution >= 0.6 is 0 Å². The fraction of sp³-hybridized carbons (Fsp3) is 0.750. The first-order chi connectivity index (χ1) is 8.85. The first kappa shape index (κ1) is 13.7. The summed E-state index contributed by atoms with van der Waals surface area (Å²) in [6.07, 6.45) is 11.0. The predicted molar refractivity (Wildman–Crippen MR) is 75.7 cm³/mol. The van der Waals surface area contributed by atoms with Gasteiger partial charge in [0.1, 0.15) is 5.76 Å². The van der Waals surface area contributed by atoms with Gasteiger partial charge >= 0.3 is 0 Å². The van der Waals surface area contributed by atoms with Gasteiger partial charge in [-0.15, -0.1) is 0 Å². The van der Waals surface area contributed by atoms with Gasteiger partial charge in [0.2, 0.25) is 0 Å². The number of aryl methyl sites for hydroxylation is 1. The summed E-state index contributed by atoms with van der Waals surface area (Å²) in [7, 11) is 0. The molecule has 1 saturated carbocycles. The van der Waals surface area contributed by atoms with E-state index in [1.807, 2.05) is 6.26 Å². The Morgan fingerprint density at radius 1 is 1.33 bits per heavy atom. The maximum atomic E-state index is 5.60. The highest BCUT2D eigenvalue weighted by atomic mass is 16.3. The average molecular weight is 249 g/mol. The highest BCUT2D eigenvalue weighted by Gasteiger charge is 2.23. The maximum absolute atomic E-state index is 5.60. The fourth-order valence-electron chi connectivity index (χ4n) is 3.17. The van der Waals surface area contributed by atoms with E-state index in [4.69, 9.17) is 4.42 Å². The van der Waals surface area contributed by atoms with Crippen molar-refractivity contribution in [1.29, 1.82) is 0 Å². The number of hydrogen-bond donors (Lipinski definition) is 1. The average Bonchev–Trinajstić information content (AvgIpc) is 3.04. The van der Waals surface area contributed by atoms with E-state index in [2.05, 4.69) is 25.2 Å². The van der Waals surface area contributed by atoms with Crippen molar-refractivity contribution in [2.24, 2.45) is 5.92 Å². The van der Waals surface area contributed by atoms with Gasteiger partial charge in [-0.05, 0) is 31.4 Å². The van der Waals surface area contributed by atoms with Crippen molar-refractivity contribution >= 4 is 0 Å². The minimum Gasteiger partial charge on any atom is -0.469 e. The summed E-state index contributed by atoms with van der Waals surface area (Å²) >= 11 is 0. The Morgan fingerprint density at radius 2 is 2.11 bits per heavy atom. The van der Waals surface area contributed by atoms with Crippen LogP contribution < -0.4 is 5.32 Å². The summed E-state index contributed by atoms with van der Waals surface area (Å²) in [5.74, 6) is 2.08. The Labute approximate surface area is 111 Å². The molecule has 1 aromatic rings. The van der Waals surface area contributed by atoms with E-state index in [1.165, 1.54) is 49.8 Å². The van der Waals surface area contributed by atoms with E-state index in [9.17, 15) is 0 Å². The highest BCUT2D eigenvalue weighted by molar-refractivity contribution is 5.21. The van der Waals surface area contributed by atoms with Crippen LogP contribution in [0.2, 0.25) is 0 Å². The van der Waals surface area contributed by atoms with Crippen molar-refractivity contribution in [3.05, 3.63) is 23.7 Å². The van der Waals surface area contributed by atoms with Crippen LogP contribution in [0.3, 0.4) is 0 Å². The molecule has 0 aromatic carbocycles. The van der Waals surface area contributed by atoms with Gasteiger partial charge in [0.25, 0.3) is 0 Å². The third-order valence-corrected chi connectivity index (χ3v) is 4.16. The van der Waals surface area contributed by atoms with Crippen LogP contribution in [0.1, 0.15) is 69.7 Å². The van der Waals surface area contributed by atoms with Gasteiger partial charge in [-0.1, -0.05) is 39.5 Å². The zero-order valence-electron chi connectivity index (χ0n) is 11.9. The second-order valence-electron chi connectivity index (χ2n) is 5.55. The third-order valence-electron chi connectivity index (χ3n) is 4.16. The lowest BCUT2D eigenvalue weighted by Crippen LogP contribution is -2.24. The van der Waals surface area contributed by atoms with Gasteiger partial charge in [0.05, 0.1) is 6.26 Å². The molecule has 2 heteroatoms. The lowest BCUT2D eigenvalue weighted by molar-refractivity contribution is 0.388. The van der Waals surface area contributed by atoms with Crippen LogP contribution in [0.15, 0.2) is 16.7 Å². The highest BCUT2D eigenvalue weighted by Crippen LogP contribution is 2.34. The molecular formula is C16H27NO. The van der Waals surface area contributed by atoms with E-state index >= 15 is 0 Å². The molecule has 1 aromatic heterocycles. The molecule has 0 aliphatic heterocycles. The molecule has 0 spiro atoms. The van der Waals surface area contributed by atoms with E-state index in [0.29, 0.717) is 6.04 Å². The molecule has 0 amide bonds. The number of hydrogen-bond acceptors (Lipinski definition) is 2. The minimum absolute atomic E-state index is 0.502. The van der Waals surface area contributed by atoms with Crippen molar-refractivity contribution in [3.63, 3.8) is 0 Å². The number of nitrogens with one attached hydrogen (secondary N) is 1. The zero-order valence-corrected chi connectivity index (χ0v) is 11.9. The van der Waals surface area contributed by atoms with E-state index in [1.54, 1.807) is 0 Å². The summed E-state index contributed by atoms with van der Waals surface area (Å²) < 4.78 is 5.60. The molecule has 1 unspecified atom stereocenters. The summed E-state index contributed by atoms with van der Waals surface area (Å²) in [6, 6.07) is 2.67. The van der Waals surface area contributed by atoms with Gasteiger partial charge in [-0.2, -0.15) is 0 Å². The van der Waals surface area contributed by atoms with Gasteiger partial charge in [-0.3, -0.25) is 0 Å². The smallest absolute Gasteiger partial charge is 0.108 e. The molecule has 0 radical (unpaired) electrons. The van der Waals surface area contributed by atoms with E-state index in [0.717, 1.165) is 18.9 Å². The van der Waals surface area contributed by atoms with Crippen LogP contribution in [-0.2, 0) is 6.42 Å². The first-order valence-corrected chi connectivity index (χ1v) is 7.64. The Morgan fingerprint density at radius 3 is 2.78 bits per heavy atom. The zero-order chi connectivity index (χ0) is 12.8. The van der Waals surface area contributed by atoms with Crippen LogP contribution in [-0.4, -0.2) is 6.54 Å². The normalized spacial score (nSPS) is 18.3. The SMILES string of the molecule is CCCNC(CC1CCCC1)c1ccoc1CC. The van der Waals surface area contributed by atoms with E-state index in [-0.39, 0.29) is 0 Å². The molecule has 1 aliphatic rings. The fourth-order valence-corrected chi connectivity index (χ4v) is 3.17. The molecule has 1 aliphatic carbocycles. The van der Waals surface area contributed by atoms with Crippen molar-refractivity contribution in [2.45, 2.75) is 64.8 Å². The molecule has 1 heterocycles. The lowest BCUT2D eigenvalue weighted by Gasteiger charge is -2.22. The van der Waals surface area contributed by atoms with Crippen molar-refractivity contribution in [1.82, 2.24) is 5.32 Å². The standard InChI is InChI=1S/C16H27NO/c1-3-10-17-15(12-13-7-5-6-8-13)14-9-11-18-16(14)4-2/h9,11,13,15,17H,3-8,10,12H2,1-2H3. The number of rotatable bonds is 7. The summed E-state index contributed by atoms with van der Waals surface area (Å²) in [6.45, 7) is 5.51. The molecule has 0 saturated heterocycles. The Kier molecular flexibility index (Phi) is 5.30.